The van der Waals surface area contributed by atoms with Crippen molar-refractivity contribution in [3.63, 3.8) is 0 Å². The van der Waals surface area contributed by atoms with E-state index in [0.717, 1.165) is 0 Å². The quantitative estimate of drug-likeness (QED) is 0.665. The van der Waals surface area contributed by atoms with Crippen LogP contribution in [0.25, 0.3) is 5.69 Å². The van der Waals surface area contributed by atoms with E-state index in [9.17, 15) is 31.1 Å². The summed E-state index contributed by atoms with van der Waals surface area (Å²) in [6.45, 7) is 7.87. The van der Waals surface area contributed by atoms with E-state index in [1.165, 1.54) is 24.3 Å². The second kappa shape index (κ2) is 6.24. The Balaban J connectivity index is 1.86. The minimum atomic E-state index is -5.02. The number of carbonyl (C=O) groups is 1. The number of nitrogens with one attached hydrogen (secondary N) is 1. The summed E-state index contributed by atoms with van der Waals surface area (Å²) in [5, 5.41) is 5.77. The minimum Gasteiger partial charge on any atom is -0.326 e. The molecule has 1 heterocycles. The summed E-state index contributed by atoms with van der Waals surface area (Å²) in [7, 11) is 0. The molecule has 0 radical (unpaired) electrons. The molecule has 3 rings (SSSR count). The number of hydrogen-bond donors (Lipinski definition) is 1. The van der Waals surface area contributed by atoms with Crippen molar-refractivity contribution < 1.29 is 31.1 Å². The first-order chi connectivity index (χ1) is 13.1. The van der Waals surface area contributed by atoms with Crippen molar-refractivity contribution >= 4 is 11.6 Å². The van der Waals surface area contributed by atoms with Gasteiger partial charge in [0, 0.05) is 17.7 Å². The average Bonchev–Trinajstić information content (AvgIpc) is 2.89. The summed E-state index contributed by atoms with van der Waals surface area (Å²) in [6, 6.07) is 4.95. The Morgan fingerprint density at radius 2 is 1.48 bits per heavy atom. The fourth-order valence-corrected chi connectivity index (χ4v) is 3.67. The maximum Gasteiger partial charge on any atom is 0.435 e. The molecule has 0 saturated heterocycles. The Bertz CT molecular complexity index is 924. The first-order valence-corrected chi connectivity index (χ1v) is 8.72. The zero-order chi connectivity index (χ0) is 22.0. The summed E-state index contributed by atoms with van der Waals surface area (Å²) < 4.78 is 78.1. The van der Waals surface area contributed by atoms with Crippen LogP contribution in [0.15, 0.2) is 30.3 Å². The zero-order valence-electron chi connectivity index (χ0n) is 16.0. The smallest absolute Gasteiger partial charge is 0.326 e. The molecule has 1 amide bonds. The molecule has 1 saturated carbocycles. The van der Waals surface area contributed by atoms with Crippen LogP contribution in [-0.4, -0.2) is 15.7 Å². The van der Waals surface area contributed by atoms with Crippen molar-refractivity contribution in [2.24, 2.45) is 16.7 Å². The summed E-state index contributed by atoms with van der Waals surface area (Å²) in [6.07, 6.45) is -10.0. The van der Waals surface area contributed by atoms with E-state index in [2.05, 4.69) is 10.4 Å². The van der Waals surface area contributed by atoms with E-state index in [0.29, 0.717) is 5.69 Å². The van der Waals surface area contributed by atoms with Gasteiger partial charge in [0.2, 0.25) is 5.91 Å². The molecular formula is C19H19F6N3O. The number of hydrogen-bond acceptors (Lipinski definition) is 2. The second-order valence-corrected chi connectivity index (χ2v) is 8.23. The van der Waals surface area contributed by atoms with Crippen LogP contribution in [0.1, 0.15) is 39.1 Å². The van der Waals surface area contributed by atoms with Crippen LogP contribution >= 0.6 is 0 Å². The molecule has 1 aliphatic rings. The van der Waals surface area contributed by atoms with Gasteiger partial charge in [-0.25, -0.2) is 4.68 Å². The van der Waals surface area contributed by atoms with Crippen LogP contribution in [0.2, 0.25) is 0 Å². The Hall–Kier alpha value is -2.52. The molecule has 0 aliphatic heterocycles. The number of aromatic nitrogens is 2. The predicted molar refractivity (Wildman–Crippen MR) is 93.2 cm³/mol. The number of benzene rings is 1. The van der Waals surface area contributed by atoms with Gasteiger partial charge in [-0.1, -0.05) is 27.7 Å². The topological polar surface area (TPSA) is 46.9 Å². The van der Waals surface area contributed by atoms with Gasteiger partial charge in [0.05, 0.1) is 5.69 Å². The summed E-state index contributed by atoms with van der Waals surface area (Å²) in [4.78, 5) is 12.5. The summed E-state index contributed by atoms with van der Waals surface area (Å²) in [5.41, 5.74) is -3.45. The first-order valence-electron chi connectivity index (χ1n) is 8.72. The van der Waals surface area contributed by atoms with Gasteiger partial charge in [-0.3, -0.25) is 4.79 Å². The van der Waals surface area contributed by atoms with E-state index in [4.69, 9.17) is 0 Å². The highest BCUT2D eigenvalue weighted by atomic mass is 19.4. The van der Waals surface area contributed by atoms with Crippen molar-refractivity contribution in [3.05, 3.63) is 41.7 Å². The lowest BCUT2D eigenvalue weighted by Crippen LogP contribution is -2.17. The lowest BCUT2D eigenvalue weighted by Gasteiger charge is -2.11. The van der Waals surface area contributed by atoms with E-state index in [1.807, 2.05) is 27.7 Å². The molecule has 10 heteroatoms. The number of carbonyl (C=O) groups excluding carboxylic acids is 1. The van der Waals surface area contributed by atoms with Gasteiger partial charge >= 0.3 is 12.4 Å². The summed E-state index contributed by atoms with van der Waals surface area (Å²) in [5.74, 6) is -0.450. The molecule has 2 aromatic rings. The highest BCUT2D eigenvalue weighted by Crippen LogP contribution is 2.68. The van der Waals surface area contributed by atoms with Crippen LogP contribution < -0.4 is 5.32 Å². The third-order valence-electron chi connectivity index (χ3n) is 5.95. The lowest BCUT2D eigenvalue weighted by atomic mass is 10.0. The third-order valence-corrected chi connectivity index (χ3v) is 5.95. The number of alkyl halides is 6. The van der Waals surface area contributed by atoms with Crippen molar-refractivity contribution in [2.75, 3.05) is 5.32 Å². The Labute approximate surface area is 162 Å². The highest BCUT2D eigenvalue weighted by molar-refractivity contribution is 5.96. The van der Waals surface area contributed by atoms with Crippen LogP contribution in [-0.2, 0) is 17.1 Å². The van der Waals surface area contributed by atoms with Crippen LogP contribution in [0.3, 0.4) is 0 Å². The van der Waals surface area contributed by atoms with Gasteiger partial charge in [-0.2, -0.15) is 31.4 Å². The fourth-order valence-electron chi connectivity index (χ4n) is 3.67. The number of halogens is 6. The zero-order valence-corrected chi connectivity index (χ0v) is 16.0. The van der Waals surface area contributed by atoms with Gasteiger partial charge in [0.15, 0.2) is 5.69 Å². The number of amides is 1. The molecule has 0 unspecified atom stereocenters. The maximum atomic E-state index is 13.1. The summed E-state index contributed by atoms with van der Waals surface area (Å²) >= 11 is 0. The van der Waals surface area contributed by atoms with E-state index >= 15 is 0 Å². The molecule has 1 fully saturated rings. The fraction of sp³-hybridized carbons (Fsp3) is 0.474. The predicted octanol–water partition coefficient (Wildman–Crippen LogP) is 5.53. The molecular weight excluding hydrogens is 400 g/mol. The van der Waals surface area contributed by atoms with Gasteiger partial charge in [0.25, 0.3) is 0 Å². The molecule has 0 atom stereocenters. The normalized spacial score (nSPS) is 18.6. The van der Waals surface area contributed by atoms with Crippen LogP contribution in [0.5, 0.6) is 0 Å². The largest absolute Gasteiger partial charge is 0.435 e. The van der Waals surface area contributed by atoms with Crippen LogP contribution in [0.4, 0.5) is 32.0 Å². The van der Waals surface area contributed by atoms with Gasteiger partial charge < -0.3 is 5.32 Å². The standard InChI is InChI=1S/C19H19F6N3O/c1-16(2)14(17(16,3)4)15(29)26-10-5-7-11(8-6-10)28-13(19(23,24)25)9-12(27-28)18(20,21)22/h5-9,14H,1-4H3,(H,26,29). The molecule has 1 aliphatic carbocycles. The minimum absolute atomic E-state index is 0.0348. The molecule has 29 heavy (non-hydrogen) atoms. The number of anilines is 1. The van der Waals surface area contributed by atoms with Crippen molar-refractivity contribution in [1.82, 2.24) is 9.78 Å². The van der Waals surface area contributed by atoms with E-state index in [1.54, 1.807) is 0 Å². The highest BCUT2D eigenvalue weighted by Gasteiger charge is 2.68. The molecule has 158 valence electrons. The SMILES string of the molecule is CC1(C)C(C(=O)Nc2ccc(-n3nc(C(F)(F)F)cc3C(F)(F)F)cc2)C1(C)C. The number of rotatable bonds is 3. The van der Waals surface area contributed by atoms with Crippen molar-refractivity contribution in [2.45, 2.75) is 40.0 Å². The average molecular weight is 419 g/mol. The monoisotopic (exact) mass is 419 g/mol. The van der Waals surface area contributed by atoms with Gasteiger partial charge in [-0.05, 0) is 35.1 Å². The Morgan fingerprint density at radius 3 is 1.90 bits per heavy atom. The molecule has 1 N–H and O–H groups in total. The lowest BCUT2D eigenvalue weighted by molar-refractivity contribution is -0.143. The maximum absolute atomic E-state index is 13.1. The van der Waals surface area contributed by atoms with Crippen molar-refractivity contribution in [1.29, 1.82) is 0 Å². The molecule has 4 nitrogen and oxygen atoms in total. The third kappa shape index (κ3) is 3.60. The molecule has 1 aromatic heterocycles. The number of nitrogens with zero attached hydrogens (tertiary/aromatic N) is 2. The van der Waals surface area contributed by atoms with Crippen LogP contribution in [0, 0.1) is 16.7 Å². The van der Waals surface area contributed by atoms with Crippen molar-refractivity contribution in [3.8, 4) is 5.69 Å². The van der Waals surface area contributed by atoms with Gasteiger partial charge in [0.1, 0.15) is 5.69 Å². The molecule has 0 bridgehead atoms. The van der Waals surface area contributed by atoms with E-state index in [-0.39, 0.29) is 39.1 Å². The Morgan fingerprint density at radius 1 is 0.966 bits per heavy atom. The van der Waals surface area contributed by atoms with E-state index < -0.39 is 23.7 Å². The van der Waals surface area contributed by atoms with Gasteiger partial charge in [-0.15, -0.1) is 0 Å². The molecule has 1 aromatic carbocycles. The Kier molecular flexibility index (Phi) is 4.56. The first kappa shape index (κ1) is 21.2. The second-order valence-electron chi connectivity index (χ2n) is 8.23. The molecule has 0 spiro atoms.